The maximum Gasteiger partial charge on any atom is 0.265 e. The maximum atomic E-state index is 12.0. The summed E-state index contributed by atoms with van der Waals surface area (Å²) in [6.45, 7) is 2.79. The van der Waals surface area contributed by atoms with Crippen molar-refractivity contribution in [2.24, 2.45) is 4.99 Å². The molecule has 23 heavy (non-hydrogen) atoms. The summed E-state index contributed by atoms with van der Waals surface area (Å²) in [5.74, 6) is 1.49. The number of aliphatic imine (C=N–C) groups is 1. The van der Waals surface area contributed by atoms with Crippen LogP contribution < -0.4 is 20.3 Å². The predicted octanol–water partition coefficient (Wildman–Crippen LogP) is 0.613. The monoisotopic (exact) mass is 320 g/mol. The Hall–Kier alpha value is -2.28. The van der Waals surface area contributed by atoms with Gasteiger partial charge in [-0.25, -0.2) is 0 Å². The number of anilines is 1. The zero-order chi connectivity index (χ0) is 16.5. The molecule has 0 atom stereocenters. The van der Waals surface area contributed by atoms with E-state index in [2.05, 4.69) is 15.6 Å². The van der Waals surface area contributed by atoms with Crippen molar-refractivity contribution in [2.75, 3.05) is 51.9 Å². The van der Waals surface area contributed by atoms with Gasteiger partial charge in [0.1, 0.15) is 5.75 Å². The van der Waals surface area contributed by atoms with Gasteiger partial charge in [-0.2, -0.15) is 0 Å². The first-order chi connectivity index (χ1) is 11.3. The van der Waals surface area contributed by atoms with Crippen LogP contribution in [0.3, 0.4) is 0 Å². The van der Waals surface area contributed by atoms with E-state index in [4.69, 9.17) is 9.47 Å². The van der Waals surface area contributed by atoms with Gasteiger partial charge in [-0.05, 0) is 18.6 Å². The quantitative estimate of drug-likeness (QED) is 0.437. The van der Waals surface area contributed by atoms with Crippen LogP contribution in [0, 0.1) is 0 Å². The lowest BCUT2D eigenvalue weighted by molar-refractivity contribution is -0.121. The zero-order valence-electron chi connectivity index (χ0n) is 13.7. The number of fused-ring (bicyclic) bond motifs is 1. The van der Waals surface area contributed by atoms with E-state index in [1.807, 2.05) is 24.3 Å². The van der Waals surface area contributed by atoms with Gasteiger partial charge in [-0.15, -0.1) is 0 Å². The summed E-state index contributed by atoms with van der Waals surface area (Å²) in [4.78, 5) is 18.0. The molecule has 0 bridgehead atoms. The van der Waals surface area contributed by atoms with Gasteiger partial charge in [-0.3, -0.25) is 9.79 Å². The highest BCUT2D eigenvalue weighted by Gasteiger charge is 2.24. The number of para-hydroxylation sites is 2. The number of nitrogens with one attached hydrogen (secondary N) is 2. The largest absolute Gasteiger partial charge is 0.482 e. The SMILES string of the molecule is CN=C(NCCCN1C(=O)COc2ccccc21)NCCOC. The Morgan fingerprint density at radius 3 is 2.91 bits per heavy atom. The third-order valence-corrected chi connectivity index (χ3v) is 3.48. The molecule has 7 nitrogen and oxygen atoms in total. The standard InChI is InChI=1S/C16H24N4O3/c1-17-16(19-9-11-22-2)18-8-5-10-20-13-6-3-4-7-14(13)23-12-15(20)21/h3-4,6-7H,5,8-12H2,1-2H3,(H2,17,18,19). The van der Waals surface area contributed by atoms with Crippen molar-refractivity contribution < 1.29 is 14.3 Å². The van der Waals surface area contributed by atoms with E-state index in [1.54, 1.807) is 19.1 Å². The van der Waals surface area contributed by atoms with E-state index in [-0.39, 0.29) is 12.5 Å². The fourth-order valence-corrected chi connectivity index (χ4v) is 2.34. The summed E-state index contributed by atoms with van der Waals surface area (Å²) in [6.07, 6.45) is 0.811. The van der Waals surface area contributed by atoms with Crippen LogP contribution in [0.2, 0.25) is 0 Å². The number of nitrogens with zero attached hydrogens (tertiary/aromatic N) is 2. The molecule has 0 saturated carbocycles. The number of methoxy groups -OCH3 is 1. The number of amides is 1. The minimum absolute atomic E-state index is 0.00805. The summed E-state index contributed by atoms with van der Waals surface area (Å²) < 4.78 is 10.4. The summed E-state index contributed by atoms with van der Waals surface area (Å²) in [5, 5.41) is 6.37. The first kappa shape index (κ1) is 17.1. The van der Waals surface area contributed by atoms with Crippen molar-refractivity contribution >= 4 is 17.6 Å². The van der Waals surface area contributed by atoms with Crippen molar-refractivity contribution in [2.45, 2.75) is 6.42 Å². The van der Waals surface area contributed by atoms with Crippen LogP contribution in [-0.2, 0) is 9.53 Å². The Balaban J connectivity index is 1.79. The van der Waals surface area contributed by atoms with E-state index in [0.717, 1.165) is 30.4 Å². The molecule has 1 aliphatic rings. The molecule has 2 rings (SSSR count). The molecule has 1 aliphatic heterocycles. The molecule has 1 heterocycles. The molecule has 126 valence electrons. The van der Waals surface area contributed by atoms with Gasteiger partial charge in [0, 0.05) is 33.8 Å². The molecule has 1 amide bonds. The molecule has 0 aliphatic carbocycles. The van der Waals surface area contributed by atoms with Crippen LogP contribution in [0.5, 0.6) is 5.75 Å². The smallest absolute Gasteiger partial charge is 0.265 e. The second-order valence-electron chi connectivity index (χ2n) is 5.07. The Bertz CT molecular complexity index is 548. The first-order valence-corrected chi connectivity index (χ1v) is 7.72. The van der Waals surface area contributed by atoms with Crippen LogP contribution in [0.4, 0.5) is 5.69 Å². The lowest BCUT2D eigenvalue weighted by Gasteiger charge is -2.29. The van der Waals surface area contributed by atoms with E-state index in [1.165, 1.54) is 0 Å². The average Bonchev–Trinajstić information content (AvgIpc) is 2.58. The van der Waals surface area contributed by atoms with Gasteiger partial charge < -0.3 is 25.0 Å². The molecular weight excluding hydrogens is 296 g/mol. The van der Waals surface area contributed by atoms with Crippen LogP contribution in [0.25, 0.3) is 0 Å². The molecule has 0 saturated heterocycles. The zero-order valence-corrected chi connectivity index (χ0v) is 13.7. The van der Waals surface area contributed by atoms with E-state index >= 15 is 0 Å². The van der Waals surface area contributed by atoms with Gasteiger partial charge in [0.05, 0.1) is 12.3 Å². The molecular formula is C16H24N4O3. The number of rotatable bonds is 7. The van der Waals surface area contributed by atoms with Crippen molar-refractivity contribution in [3.8, 4) is 5.75 Å². The highest BCUT2D eigenvalue weighted by atomic mass is 16.5. The summed E-state index contributed by atoms with van der Waals surface area (Å²) in [7, 11) is 3.39. The van der Waals surface area contributed by atoms with Crippen molar-refractivity contribution in [3.05, 3.63) is 24.3 Å². The lowest BCUT2D eigenvalue weighted by atomic mass is 10.2. The number of hydrogen-bond acceptors (Lipinski definition) is 4. The van der Waals surface area contributed by atoms with Crippen LogP contribution in [0.1, 0.15) is 6.42 Å². The van der Waals surface area contributed by atoms with Gasteiger partial charge >= 0.3 is 0 Å². The Kier molecular flexibility index (Phi) is 6.68. The fraction of sp³-hybridized carbons (Fsp3) is 0.500. The maximum absolute atomic E-state index is 12.0. The molecule has 2 N–H and O–H groups in total. The number of guanidine groups is 1. The number of benzene rings is 1. The van der Waals surface area contributed by atoms with E-state index in [9.17, 15) is 4.79 Å². The molecule has 1 aromatic rings. The van der Waals surface area contributed by atoms with Crippen LogP contribution >= 0.6 is 0 Å². The Morgan fingerprint density at radius 2 is 2.13 bits per heavy atom. The van der Waals surface area contributed by atoms with E-state index in [0.29, 0.717) is 19.7 Å². The number of carbonyl (C=O) groups is 1. The molecule has 1 aromatic carbocycles. The van der Waals surface area contributed by atoms with Gasteiger partial charge in [0.2, 0.25) is 0 Å². The highest BCUT2D eigenvalue weighted by molar-refractivity contribution is 5.97. The summed E-state index contributed by atoms with van der Waals surface area (Å²) >= 11 is 0. The molecule has 0 radical (unpaired) electrons. The Labute approximate surface area is 136 Å². The van der Waals surface area contributed by atoms with Crippen LogP contribution in [-0.4, -0.2) is 58.9 Å². The number of carbonyl (C=O) groups excluding carboxylic acids is 1. The Morgan fingerprint density at radius 1 is 1.35 bits per heavy atom. The summed E-state index contributed by atoms with van der Waals surface area (Å²) in [5.41, 5.74) is 0.839. The van der Waals surface area contributed by atoms with Crippen molar-refractivity contribution in [3.63, 3.8) is 0 Å². The second-order valence-corrected chi connectivity index (χ2v) is 5.07. The molecule has 0 unspecified atom stereocenters. The third-order valence-electron chi connectivity index (χ3n) is 3.48. The normalized spacial score (nSPS) is 14.3. The first-order valence-electron chi connectivity index (χ1n) is 7.72. The highest BCUT2D eigenvalue weighted by Crippen LogP contribution is 2.31. The topological polar surface area (TPSA) is 75.2 Å². The van der Waals surface area contributed by atoms with Gasteiger partial charge in [0.25, 0.3) is 5.91 Å². The lowest BCUT2D eigenvalue weighted by Crippen LogP contribution is -2.42. The molecule has 0 fully saturated rings. The number of hydrogen-bond donors (Lipinski definition) is 2. The van der Waals surface area contributed by atoms with Crippen LogP contribution in [0.15, 0.2) is 29.3 Å². The molecule has 0 spiro atoms. The minimum atomic E-state index is -0.00805. The summed E-state index contributed by atoms with van der Waals surface area (Å²) in [6, 6.07) is 7.61. The second kappa shape index (κ2) is 8.99. The average molecular weight is 320 g/mol. The molecule has 0 aromatic heterocycles. The van der Waals surface area contributed by atoms with E-state index < -0.39 is 0 Å². The van der Waals surface area contributed by atoms with Crippen molar-refractivity contribution in [1.29, 1.82) is 0 Å². The molecule has 7 heteroatoms. The minimum Gasteiger partial charge on any atom is -0.482 e. The number of ether oxygens (including phenoxy) is 2. The van der Waals surface area contributed by atoms with Gasteiger partial charge in [0.15, 0.2) is 12.6 Å². The van der Waals surface area contributed by atoms with Gasteiger partial charge in [-0.1, -0.05) is 12.1 Å². The fourth-order valence-electron chi connectivity index (χ4n) is 2.34. The van der Waals surface area contributed by atoms with Crippen molar-refractivity contribution in [1.82, 2.24) is 10.6 Å². The third kappa shape index (κ3) is 4.85. The predicted molar refractivity (Wildman–Crippen MR) is 90.1 cm³/mol.